The smallest absolute Gasteiger partial charge is 0.273 e. The second kappa shape index (κ2) is 8.90. The third-order valence-electron chi connectivity index (χ3n) is 6.62. The molecule has 3 aromatic rings. The van der Waals surface area contributed by atoms with E-state index < -0.39 is 21.9 Å². The quantitative estimate of drug-likeness (QED) is 0.494. The summed E-state index contributed by atoms with van der Waals surface area (Å²) in [6.07, 6.45) is 0.310. The van der Waals surface area contributed by atoms with Crippen LogP contribution in [0.2, 0.25) is 5.02 Å². The second-order valence-electron chi connectivity index (χ2n) is 8.65. The molecule has 10 nitrogen and oxygen atoms in total. The van der Waals surface area contributed by atoms with Crippen LogP contribution in [-0.4, -0.2) is 73.4 Å². The minimum absolute atomic E-state index is 0.00244. The summed E-state index contributed by atoms with van der Waals surface area (Å²) in [4.78, 5) is 15.3. The lowest BCUT2D eigenvalue weighted by atomic mass is 9.94. The molecule has 0 radical (unpaired) electrons. The van der Waals surface area contributed by atoms with E-state index in [9.17, 15) is 18.3 Å². The molecule has 0 bridgehead atoms. The molecule has 2 aliphatic rings. The highest BCUT2D eigenvalue weighted by atomic mass is 35.5. The van der Waals surface area contributed by atoms with Crippen molar-refractivity contribution in [2.45, 2.75) is 18.5 Å². The van der Waals surface area contributed by atoms with Crippen molar-refractivity contribution in [1.29, 1.82) is 0 Å². The Bertz CT molecular complexity index is 1450. The number of hydrogen-bond acceptors (Lipinski definition) is 8. The number of fused-ring (bicyclic) bond motifs is 1. The van der Waals surface area contributed by atoms with Gasteiger partial charge in [-0.2, -0.15) is 5.10 Å². The van der Waals surface area contributed by atoms with Gasteiger partial charge in [0.25, 0.3) is 5.91 Å². The first-order valence-corrected chi connectivity index (χ1v) is 13.3. The van der Waals surface area contributed by atoms with Gasteiger partial charge in [0.15, 0.2) is 21.3 Å². The number of nitrogens with one attached hydrogen (secondary N) is 1. The van der Waals surface area contributed by atoms with Crippen LogP contribution in [0.5, 0.6) is 23.0 Å². The summed E-state index contributed by atoms with van der Waals surface area (Å²) in [7, 11) is 1.17. The third kappa shape index (κ3) is 3.82. The van der Waals surface area contributed by atoms with E-state index in [2.05, 4.69) is 10.2 Å². The number of aromatic amines is 1. The van der Waals surface area contributed by atoms with E-state index in [4.69, 9.17) is 25.8 Å². The predicted octanol–water partition coefficient (Wildman–Crippen LogP) is 3.19. The molecule has 2 atom stereocenters. The fourth-order valence-electron chi connectivity index (χ4n) is 5.03. The number of benzene rings is 2. The van der Waals surface area contributed by atoms with E-state index >= 15 is 0 Å². The number of phenols is 1. The van der Waals surface area contributed by atoms with E-state index in [1.54, 1.807) is 29.2 Å². The summed E-state index contributed by atoms with van der Waals surface area (Å²) >= 11 is 6.20. The van der Waals surface area contributed by atoms with Crippen LogP contribution in [0.15, 0.2) is 30.3 Å². The Morgan fingerprint density at radius 2 is 1.81 bits per heavy atom. The Morgan fingerprint density at radius 3 is 2.39 bits per heavy atom. The number of halogens is 1. The monoisotopic (exact) mass is 533 g/mol. The predicted molar refractivity (Wildman–Crippen MR) is 132 cm³/mol. The zero-order valence-corrected chi connectivity index (χ0v) is 21.3. The highest BCUT2D eigenvalue weighted by Gasteiger charge is 2.48. The molecule has 0 spiro atoms. The van der Waals surface area contributed by atoms with Crippen molar-refractivity contribution in [3.8, 4) is 34.3 Å². The molecule has 2 aliphatic heterocycles. The molecule has 2 aromatic carbocycles. The first-order chi connectivity index (χ1) is 17.2. The number of hydrogen-bond donors (Lipinski definition) is 2. The van der Waals surface area contributed by atoms with Gasteiger partial charge in [-0.1, -0.05) is 11.6 Å². The molecule has 36 heavy (non-hydrogen) atoms. The Labute approximate surface area is 212 Å². The fraction of sp³-hybridized carbons (Fsp3) is 0.333. The van der Waals surface area contributed by atoms with Crippen molar-refractivity contribution < 1.29 is 32.5 Å². The number of carbonyl (C=O) groups is 1. The number of sulfone groups is 1. The van der Waals surface area contributed by atoms with Gasteiger partial charge in [-0.05, 0) is 42.3 Å². The molecule has 1 fully saturated rings. The standard InChI is InChI=1S/C24H24ClN3O7S/c1-33-17-8-12(9-18(34-2)23(17)35-3)22-19-20(15-10-13(25)4-5-16(15)29)26-27-21(19)24(30)28(22)14-6-7-36(31,32)11-14/h4-5,8-10,14,22,29H,6-7,11H2,1-3H3,(H,26,27). The van der Waals surface area contributed by atoms with E-state index in [-0.39, 0.29) is 28.9 Å². The summed E-state index contributed by atoms with van der Waals surface area (Å²) in [6, 6.07) is 6.71. The van der Waals surface area contributed by atoms with Crippen LogP contribution in [0.4, 0.5) is 0 Å². The average molecular weight is 534 g/mol. The summed E-state index contributed by atoms with van der Waals surface area (Å²) < 4.78 is 41.2. The maximum absolute atomic E-state index is 13.7. The van der Waals surface area contributed by atoms with Crippen LogP contribution in [0.1, 0.15) is 34.1 Å². The van der Waals surface area contributed by atoms with Crippen molar-refractivity contribution >= 4 is 27.3 Å². The van der Waals surface area contributed by atoms with Crippen molar-refractivity contribution in [3.63, 3.8) is 0 Å². The van der Waals surface area contributed by atoms with E-state index in [1.165, 1.54) is 27.4 Å². The molecule has 0 saturated carbocycles. The fourth-order valence-corrected chi connectivity index (χ4v) is 6.91. The molecule has 2 N–H and O–H groups in total. The van der Waals surface area contributed by atoms with E-state index in [0.29, 0.717) is 51.1 Å². The number of methoxy groups -OCH3 is 3. The molecule has 1 aromatic heterocycles. The SMILES string of the molecule is COc1cc(C2c3c(-c4cc(Cl)ccc4O)n[nH]c3C(=O)N2C2CCS(=O)(=O)C2)cc(OC)c1OC. The van der Waals surface area contributed by atoms with Crippen LogP contribution >= 0.6 is 11.6 Å². The lowest BCUT2D eigenvalue weighted by Crippen LogP contribution is -2.40. The molecule has 1 saturated heterocycles. The lowest BCUT2D eigenvalue weighted by molar-refractivity contribution is 0.0677. The molecular formula is C24H24ClN3O7S. The number of aromatic hydroxyl groups is 1. The molecule has 190 valence electrons. The number of rotatable bonds is 6. The molecule has 1 amide bonds. The number of amides is 1. The summed E-state index contributed by atoms with van der Waals surface area (Å²) in [6.45, 7) is 0. The molecule has 2 unspecified atom stereocenters. The zero-order valence-electron chi connectivity index (χ0n) is 19.7. The number of nitrogens with zero attached hydrogens (tertiary/aromatic N) is 2. The Kier molecular flexibility index (Phi) is 6.00. The average Bonchev–Trinajstić information content (AvgIpc) is 3.52. The van der Waals surface area contributed by atoms with Crippen molar-refractivity contribution in [3.05, 3.63) is 52.2 Å². The van der Waals surface area contributed by atoms with Gasteiger partial charge >= 0.3 is 0 Å². The van der Waals surface area contributed by atoms with Gasteiger partial charge in [0.2, 0.25) is 5.75 Å². The number of ether oxygens (including phenoxy) is 3. The number of carbonyl (C=O) groups excluding carboxylic acids is 1. The first-order valence-electron chi connectivity index (χ1n) is 11.1. The van der Waals surface area contributed by atoms with Crippen LogP contribution < -0.4 is 14.2 Å². The van der Waals surface area contributed by atoms with Crippen molar-refractivity contribution in [1.82, 2.24) is 15.1 Å². The zero-order chi connectivity index (χ0) is 25.8. The van der Waals surface area contributed by atoms with Gasteiger partial charge in [-0.3, -0.25) is 9.89 Å². The van der Waals surface area contributed by atoms with Crippen LogP contribution in [0.3, 0.4) is 0 Å². The first kappa shape index (κ1) is 24.3. The maximum atomic E-state index is 13.7. The topological polar surface area (TPSA) is 131 Å². The van der Waals surface area contributed by atoms with Gasteiger partial charge in [0.05, 0.1) is 38.9 Å². The molecule has 12 heteroatoms. The molecule has 0 aliphatic carbocycles. The normalized spacial score (nSPS) is 20.4. The second-order valence-corrected chi connectivity index (χ2v) is 11.3. The van der Waals surface area contributed by atoms with Crippen LogP contribution in [-0.2, 0) is 9.84 Å². The summed E-state index contributed by atoms with van der Waals surface area (Å²) in [5.41, 5.74) is 1.99. The van der Waals surface area contributed by atoms with Crippen molar-refractivity contribution in [2.75, 3.05) is 32.8 Å². The minimum Gasteiger partial charge on any atom is -0.507 e. The lowest BCUT2D eigenvalue weighted by Gasteiger charge is -2.31. The van der Waals surface area contributed by atoms with Crippen LogP contribution in [0, 0.1) is 0 Å². The number of H-pyrrole nitrogens is 1. The van der Waals surface area contributed by atoms with E-state index in [1.807, 2.05) is 0 Å². The van der Waals surface area contributed by atoms with Gasteiger partial charge in [-0.25, -0.2) is 8.42 Å². The highest BCUT2D eigenvalue weighted by molar-refractivity contribution is 7.91. The maximum Gasteiger partial charge on any atom is 0.273 e. The Balaban J connectivity index is 1.75. The largest absolute Gasteiger partial charge is 0.507 e. The Morgan fingerprint density at radius 1 is 1.11 bits per heavy atom. The van der Waals surface area contributed by atoms with Gasteiger partial charge in [0, 0.05) is 22.2 Å². The van der Waals surface area contributed by atoms with Gasteiger partial charge < -0.3 is 24.2 Å². The van der Waals surface area contributed by atoms with E-state index in [0.717, 1.165) is 0 Å². The Hall–Kier alpha value is -3.44. The summed E-state index contributed by atoms with van der Waals surface area (Å²) in [5, 5.41) is 18.1. The molecule has 3 heterocycles. The molecule has 5 rings (SSSR count). The van der Waals surface area contributed by atoms with Crippen LogP contribution in [0.25, 0.3) is 11.3 Å². The minimum atomic E-state index is -3.29. The summed E-state index contributed by atoms with van der Waals surface area (Å²) in [5.74, 6) is 0.540. The number of phenolic OH excluding ortho intramolecular Hbond substituents is 1. The van der Waals surface area contributed by atoms with Gasteiger partial charge in [-0.15, -0.1) is 0 Å². The van der Waals surface area contributed by atoms with Gasteiger partial charge in [0.1, 0.15) is 17.1 Å². The third-order valence-corrected chi connectivity index (χ3v) is 8.61. The highest BCUT2D eigenvalue weighted by Crippen LogP contribution is 2.49. The van der Waals surface area contributed by atoms with Crippen molar-refractivity contribution in [2.24, 2.45) is 0 Å². The number of aromatic nitrogens is 2. The molecular weight excluding hydrogens is 510 g/mol.